The van der Waals surface area contributed by atoms with Crippen LogP contribution < -0.4 is 5.73 Å². The van der Waals surface area contributed by atoms with Crippen LogP contribution in [0, 0.1) is 5.92 Å². The van der Waals surface area contributed by atoms with Crippen molar-refractivity contribution in [2.45, 2.75) is 50.4 Å². The molecule has 0 atom stereocenters. The second-order valence-electron chi connectivity index (χ2n) is 6.26. The van der Waals surface area contributed by atoms with Gasteiger partial charge in [-0.15, -0.1) is 0 Å². The van der Waals surface area contributed by atoms with Crippen molar-refractivity contribution in [1.29, 1.82) is 0 Å². The van der Waals surface area contributed by atoms with Crippen LogP contribution in [0.4, 0.5) is 0 Å². The van der Waals surface area contributed by atoms with Crippen LogP contribution in [0.25, 0.3) is 0 Å². The van der Waals surface area contributed by atoms with Crippen molar-refractivity contribution in [2.24, 2.45) is 11.7 Å². The molecule has 3 rings (SSSR count). The lowest BCUT2D eigenvalue weighted by molar-refractivity contribution is 0.0889. The Morgan fingerprint density at radius 2 is 1.74 bits per heavy atom. The Bertz CT molecular complexity index is 453. The Labute approximate surface area is 115 Å². The van der Waals surface area contributed by atoms with Gasteiger partial charge in [0.05, 0.1) is 0 Å². The highest BCUT2D eigenvalue weighted by Crippen LogP contribution is 2.47. The zero-order valence-electron chi connectivity index (χ0n) is 11.5. The van der Waals surface area contributed by atoms with E-state index in [-0.39, 0.29) is 11.3 Å². The predicted molar refractivity (Wildman–Crippen MR) is 77.3 cm³/mol. The van der Waals surface area contributed by atoms with Gasteiger partial charge in [0.25, 0.3) is 0 Å². The fourth-order valence-electron chi connectivity index (χ4n) is 3.35. The van der Waals surface area contributed by atoms with E-state index in [4.69, 9.17) is 5.73 Å². The Morgan fingerprint density at radius 1 is 1.11 bits per heavy atom. The normalized spacial score (nSPS) is 22.2. The average Bonchev–Trinajstić information content (AvgIpc) is 3.29. The van der Waals surface area contributed by atoms with Crippen LogP contribution in [0.2, 0.25) is 0 Å². The summed E-state index contributed by atoms with van der Waals surface area (Å²) in [5.41, 5.74) is 8.28. The lowest BCUT2D eigenvalue weighted by Crippen LogP contribution is -2.20. The van der Waals surface area contributed by atoms with E-state index in [9.17, 15) is 4.79 Å². The van der Waals surface area contributed by atoms with E-state index >= 15 is 0 Å². The summed E-state index contributed by atoms with van der Waals surface area (Å²) in [4.78, 5) is 12.4. The first-order valence-electron chi connectivity index (χ1n) is 7.60. The third-order valence-electron chi connectivity index (χ3n) is 5.00. The minimum Gasteiger partial charge on any atom is -0.330 e. The quantitative estimate of drug-likeness (QED) is 0.840. The van der Waals surface area contributed by atoms with Crippen LogP contribution in [-0.4, -0.2) is 12.3 Å². The van der Waals surface area contributed by atoms with Gasteiger partial charge in [-0.3, -0.25) is 4.79 Å². The van der Waals surface area contributed by atoms with E-state index in [0.717, 1.165) is 24.9 Å². The number of hydrogen-bond donors (Lipinski definition) is 1. The highest BCUT2D eigenvalue weighted by molar-refractivity contribution is 5.97. The Hall–Kier alpha value is -1.15. The highest BCUT2D eigenvalue weighted by atomic mass is 16.1. The number of carbonyl (C=O) groups is 1. The van der Waals surface area contributed by atoms with Crippen LogP contribution >= 0.6 is 0 Å². The van der Waals surface area contributed by atoms with E-state index in [1.165, 1.54) is 37.7 Å². The maximum Gasteiger partial charge on any atom is 0.165 e. The summed E-state index contributed by atoms with van der Waals surface area (Å²) in [7, 11) is 0. The van der Waals surface area contributed by atoms with Crippen LogP contribution in [0.5, 0.6) is 0 Å². The first-order chi connectivity index (χ1) is 9.25. The van der Waals surface area contributed by atoms with Gasteiger partial charge < -0.3 is 5.73 Å². The topological polar surface area (TPSA) is 43.1 Å². The molecule has 2 N–H and O–H groups in total. The van der Waals surface area contributed by atoms with E-state index in [1.807, 2.05) is 12.1 Å². The maximum atomic E-state index is 12.4. The summed E-state index contributed by atoms with van der Waals surface area (Å²) in [6.07, 6.45) is 8.26. The molecule has 2 saturated carbocycles. The summed E-state index contributed by atoms with van der Waals surface area (Å²) >= 11 is 0. The predicted octanol–water partition coefficient (Wildman–Crippen LogP) is 3.44. The molecule has 0 amide bonds. The van der Waals surface area contributed by atoms with Crippen molar-refractivity contribution in [3.8, 4) is 0 Å². The molecule has 0 aliphatic heterocycles. The van der Waals surface area contributed by atoms with Crippen LogP contribution in [-0.2, 0) is 5.41 Å². The number of ketones is 1. The van der Waals surface area contributed by atoms with Gasteiger partial charge in [-0.2, -0.15) is 0 Å². The summed E-state index contributed by atoms with van der Waals surface area (Å²) in [6, 6.07) is 8.27. The molecule has 0 aromatic heterocycles. The Morgan fingerprint density at radius 3 is 2.26 bits per heavy atom. The molecule has 2 heteroatoms. The third-order valence-corrected chi connectivity index (χ3v) is 5.00. The van der Waals surface area contributed by atoms with Gasteiger partial charge in [-0.05, 0) is 31.2 Å². The Kier molecular flexibility index (Phi) is 3.44. The van der Waals surface area contributed by atoms with Crippen molar-refractivity contribution in [3.05, 3.63) is 35.4 Å². The van der Waals surface area contributed by atoms with Gasteiger partial charge in [-0.25, -0.2) is 0 Å². The molecule has 2 aliphatic rings. The van der Waals surface area contributed by atoms with Crippen molar-refractivity contribution >= 4 is 5.78 Å². The van der Waals surface area contributed by atoms with Crippen molar-refractivity contribution in [3.63, 3.8) is 0 Å². The first-order valence-corrected chi connectivity index (χ1v) is 7.60. The molecule has 2 fully saturated rings. The molecule has 102 valence electrons. The number of nitrogens with two attached hydrogens (primary N) is 1. The van der Waals surface area contributed by atoms with Crippen LogP contribution in [0.3, 0.4) is 0 Å². The standard InChI is InChI=1S/C17H23NO/c18-12-17(10-11-17)15-8-6-14(7-9-15)16(19)13-4-2-1-3-5-13/h6-9,13H,1-5,10-12,18H2. The molecule has 0 saturated heterocycles. The van der Waals surface area contributed by atoms with E-state index in [1.54, 1.807) is 0 Å². The monoisotopic (exact) mass is 257 g/mol. The molecule has 0 spiro atoms. The lowest BCUT2D eigenvalue weighted by Gasteiger charge is -2.20. The van der Waals surface area contributed by atoms with Crippen molar-refractivity contribution in [2.75, 3.05) is 6.54 Å². The summed E-state index contributed by atoms with van der Waals surface area (Å²) in [5.74, 6) is 0.618. The molecule has 2 nitrogen and oxygen atoms in total. The van der Waals surface area contributed by atoms with Gasteiger partial charge >= 0.3 is 0 Å². The fourth-order valence-corrected chi connectivity index (χ4v) is 3.35. The van der Waals surface area contributed by atoms with E-state index in [0.29, 0.717) is 5.78 Å². The number of rotatable bonds is 4. The van der Waals surface area contributed by atoms with E-state index in [2.05, 4.69) is 12.1 Å². The fraction of sp³-hybridized carbons (Fsp3) is 0.588. The second kappa shape index (κ2) is 5.09. The molecular weight excluding hydrogens is 234 g/mol. The van der Waals surface area contributed by atoms with Gasteiger partial charge in [0.15, 0.2) is 5.78 Å². The largest absolute Gasteiger partial charge is 0.330 e. The molecule has 0 bridgehead atoms. The molecule has 0 unspecified atom stereocenters. The van der Waals surface area contributed by atoms with Gasteiger partial charge in [-0.1, -0.05) is 43.5 Å². The summed E-state index contributed by atoms with van der Waals surface area (Å²) in [5, 5.41) is 0. The number of benzene rings is 1. The average molecular weight is 257 g/mol. The van der Waals surface area contributed by atoms with Crippen LogP contribution in [0.1, 0.15) is 60.9 Å². The molecule has 0 heterocycles. The highest BCUT2D eigenvalue weighted by Gasteiger charge is 2.42. The van der Waals surface area contributed by atoms with Crippen molar-refractivity contribution < 1.29 is 4.79 Å². The van der Waals surface area contributed by atoms with Gasteiger partial charge in [0.1, 0.15) is 0 Å². The van der Waals surface area contributed by atoms with Crippen molar-refractivity contribution in [1.82, 2.24) is 0 Å². The van der Waals surface area contributed by atoms with E-state index < -0.39 is 0 Å². The molecule has 2 aliphatic carbocycles. The molecule has 19 heavy (non-hydrogen) atoms. The minimum atomic E-state index is 0.229. The second-order valence-corrected chi connectivity index (χ2v) is 6.26. The lowest BCUT2D eigenvalue weighted by atomic mass is 9.83. The minimum absolute atomic E-state index is 0.229. The number of hydrogen-bond acceptors (Lipinski definition) is 2. The SMILES string of the molecule is NCC1(c2ccc(C(=O)C3CCCCC3)cc2)CC1. The molecule has 1 aromatic carbocycles. The zero-order valence-corrected chi connectivity index (χ0v) is 11.5. The number of carbonyl (C=O) groups excluding carboxylic acids is 1. The molecule has 1 aromatic rings. The first kappa shape index (κ1) is 12.9. The van der Waals surface area contributed by atoms with Gasteiger partial charge in [0, 0.05) is 23.4 Å². The summed E-state index contributed by atoms with van der Waals surface area (Å²) < 4.78 is 0. The zero-order chi connectivity index (χ0) is 13.3. The Balaban J connectivity index is 1.73. The molecular formula is C17H23NO. The van der Waals surface area contributed by atoms with Crippen LogP contribution in [0.15, 0.2) is 24.3 Å². The smallest absolute Gasteiger partial charge is 0.165 e. The third kappa shape index (κ3) is 2.46. The summed E-state index contributed by atoms with van der Waals surface area (Å²) in [6.45, 7) is 0.725. The maximum absolute atomic E-state index is 12.4. The molecule has 0 radical (unpaired) electrons. The number of Topliss-reactive ketones (excluding diaryl/α,β-unsaturated/α-hetero) is 1. The van der Waals surface area contributed by atoms with Gasteiger partial charge in [0.2, 0.25) is 0 Å².